The lowest BCUT2D eigenvalue weighted by molar-refractivity contribution is 0.320. The zero-order chi connectivity index (χ0) is 9.26. The maximum Gasteiger partial charge on any atom is 0.0625 e. The summed E-state index contributed by atoms with van der Waals surface area (Å²) in [5.74, 6) is 2.09. The van der Waals surface area contributed by atoms with Crippen LogP contribution in [-0.2, 0) is 0 Å². The second-order valence-corrected chi connectivity index (χ2v) is 4.00. The highest BCUT2D eigenvalue weighted by Gasteiger charge is 2.43. The van der Waals surface area contributed by atoms with Crippen molar-refractivity contribution in [3.8, 4) is 12.1 Å². The Labute approximate surface area is 78.5 Å². The molecule has 2 aliphatic rings. The molecule has 2 nitrogen and oxygen atoms in total. The Morgan fingerprint density at radius 3 is 1.85 bits per heavy atom. The zero-order valence-corrected chi connectivity index (χ0v) is 7.48. The molecule has 0 aromatic carbocycles. The van der Waals surface area contributed by atoms with E-state index in [1.807, 2.05) is 0 Å². The van der Waals surface area contributed by atoms with Crippen LogP contribution in [0.25, 0.3) is 0 Å². The Morgan fingerprint density at radius 2 is 1.46 bits per heavy atom. The summed E-state index contributed by atoms with van der Waals surface area (Å²) >= 11 is 0. The predicted octanol–water partition coefficient (Wildman–Crippen LogP) is 2.25. The highest BCUT2D eigenvalue weighted by molar-refractivity contribution is 5.15. The van der Waals surface area contributed by atoms with Crippen molar-refractivity contribution < 1.29 is 0 Å². The molecule has 66 valence electrons. The highest BCUT2D eigenvalue weighted by atomic mass is 14.5. The first kappa shape index (κ1) is 8.32. The van der Waals surface area contributed by atoms with E-state index in [-0.39, 0.29) is 0 Å². The van der Waals surface area contributed by atoms with E-state index in [1.54, 1.807) is 0 Å². The van der Waals surface area contributed by atoms with E-state index in [4.69, 9.17) is 10.5 Å². The van der Waals surface area contributed by atoms with Gasteiger partial charge in [0, 0.05) is 12.8 Å². The number of rotatable bonds is 2. The number of nitrogens with zero attached hydrogens (tertiary/aromatic N) is 2. The molecule has 1 saturated carbocycles. The Kier molecular flexibility index (Phi) is 2.07. The minimum Gasteiger partial charge on any atom is -0.198 e. The molecule has 0 aromatic rings. The molecule has 0 aliphatic heterocycles. The molecule has 0 heterocycles. The monoisotopic (exact) mass is 172 g/mol. The fourth-order valence-electron chi connectivity index (χ4n) is 2.84. The van der Waals surface area contributed by atoms with Gasteiger partial charge < -0.3 is 0 Å². The average Bonchev–Trinajstić information content (AvgIpc) is 2.69. The molecule has 0 amide bonds. The molecule has 0 N–H and O–H groups in total. The van der Waals surface area contributed by atoms with Crippen LogP contribution < -0.4 is 0 Å². The van der Waals surface area contributed by atoms with E-state index in [9.17, 15) is 0 Å². The first-order valence-corrected chi connectivity index (χ1v) is 4.79. The third-order valence-corrected chi connectivity index (χ3v) is 3.45. The number of nitriles is 2. The minimum atomic E-state index is 0.458. The van der Waals surface area contributed by atoms with Crippen LogP contribution in [0.2, 0.25) is 0 Å². The van der Waals surface area contributed by atoms with E-state index in [1.165, 1.54) is 6.42 Å². The molecular formula is C11H12N2. The molecule has 13 heavy (non-hydrogen) atoms. The van der Waals surface area contributed by atoms with Gasteiger partial charge >= 0.3 is 0 Å². The second kappa shape index (κ2) is 3.23. The average molecular weight is 172 g/mol. The van der Waals surface area contributed by atoms with E-state index < -0.39 is 0 Å². The van der Waals surface area contributed by atoms with Crippen molar-refractivity contribution in [2.45, 2.75) is 19.3 Å². The van der Waals surface area contributed by atoms with Gasteiger partial charge in [-0.2, -0.15) is 10.5 Å². The Balaban J connectivity index is 2.13. The molecule has 2 rings (SSSR count). The second-order valence-electron chi connectivity index (χ2n) is 4.00. The molecule has 0 aromatic heterocycles. The topological polar surface area (TPSA) is 47.6 Å². The molecule has 2 bridgehead atoms. The van der Waals surface area contributed by atoms with Gasteiger partial charge in [-0.05, 0) is 30.1 Å². The third-order valence-electron chi connectivity index (χ3n) is 3.45. The zero-order valence-electron chi connectivity index (χ0n) is 7.48. The third kappa shape index (κ3) is 1.23. The van der Waals surface area contributed by atoms with E-state index in [2.05, 4.69) is 24.3 Å². The van der Waals surface area contributed by atoms with Gasteiger partial charge in [0.2, 0.25) is 0 Å². The molecule has 4 atom stereocenters. The van der Waals surface area contributed by atoms with Crippen LogP contribution in [0, 0.1) is 46.3 Å². The minimum absolute atomic E-state index is 0.458. The summed E-state index contributed by atoms with van der Waals surface area (Å²) in [7, 11) is 0. The van der Waals surface area contributed by atoms with Crippen molar-refractivity contribution >= 4 is 0 Å². The Bertz CT molecular complexity index is 275. The Morgan fingerprint density at radius 1 is 1.00 bits per heavy atom. The van der Waals surface area contributed by atoms with Gasteiger partial charge in [-0.25, -0.2) is 0 Å². The standard InChI is InChI=1S/C11H12N2/c12-5-3-10-8-1-2-9(7-8)11(10)4-6-13/h1-2,8-11H,3-4,7H2/t8-,9+,10-,11+. The molecule has 0 unspecified atom stereocenters. The number of allylic oxidation sites excluding steroid dienone is 2. The normalized spacial score (nSPS) is 40.2. The van der Waals surface area contributed by atoms with Gasteiger partial charge in [-0.15, -0.1) is 0 Å². The van der Waals surface area contributed by atoms with E-state index in [0.717, 1.165) is 0 Å². The van der Waals surface area contributed by atoms with Crippen molar-refractivity contribution in [3.05, 3.63) is 12.2 Å². The molecule has 1 fully saturated rings. The molecule has 2 aliphatic carbocycles. The number of hydrogen-bond donors (Lipinski definition) is 0. The van der Waals surface area contributed by atoms with Gasteiger partial charge in [-0.1, -0.05) is 12.2 Å². The molecule has 0 saturated heterocycles. The quantitative estimate of drug-likeness (QED) is 0.600. The lowest BCUT2D eigenvalue weighted by Crippen LogP contribution is -2.18. The van der Waals surface area contributed by atoms with Gasteiger partial charge in [0.1, 0.15) is 0 Å². The molecular weight excluding hydrogens is 160 g/mol. The molecule has 2 heteroatoms. The van der Waals surface area contributed by atoms with Crippen LogP contribution >= 0.6 is 0 Å². The summed E-state index contributed by atoms with van der Waals surface area (Å²) < 4.78 is 0. The van der Waals surface area contributed by atoms with E-state index >= 15 is 0 Å². The predicted molar refractivity (Wildman–Crippen MR) is 48.2 cm³/mol. The first-order chi connectivity index (χ1) is 6.36. The van der Waals surface area contributed by atoms with Crippen LogP contribution in [0.15, 0.2) is 12.2 Å². The summed E-state index contributed by atoms with van der Waals surface area (Å²) in [5.41, 5.74) is 0. The van der Waals surface area contributed by atoms with Gasteiger partial charge in [-0.3, -0.25) is 0 Å². The molecule has 0 radical (unpaired) electrons. The van der Waals surface area contributed by atoms with Gasteiger partial charge in [0.05, 0.1) is 12.1 Å². The summed E-state index contributed by atoms with van der Waals surface area (Å²) in [6.07, 6.45) is 6.90. The van der Waals surface area contributed by atoms with Crippen LogP contribution in [-0.4, -0.2) is 0 Å². The largest absolute Gasteiger partial charge is 0.198 e. The fraction of sp³-hybridized carbons (Fsp3) is 0.636. The van der Waals surface area contributed by atoms with E-state index in [0.29, 0.717) is 36.5 Å². The fourth-order valence-corrected chi connectivity index (χ4v) is 2.84. The van der Waals surface area contributed by atoms with Crippen LogP contribution in [0.3, 0.4) is 0 Å². The Hall–Kier alpha value is -1.28. The van der Waals surface area contributed by atoms with Crippen molar-refractivity contribution in [2.75, 3.05) is 0 Å². The first-order valence-electron chi connectivity index (χ1n) is 4.79. The lowest BCUT2D eigenvalue weighted by atomic mass is 9.80. The van der Waals surface area contributed by atoms with Crippen LogP contribution in [0.4, 0.5) is 0 Å². The van der Waals surface area contributed by atoms with Crippen molar-refractivity contribution in [3.63, 3.8) is 0 Å². The van der Waals surface area contributed by atoms with Crippen molar-refractivity contribution in [1.82, 2.24) is 0 Å². The highest BCUT2D eigenvalue weighted by Crippen LogP contribution is 2.50. The summed E-state index contributed by atoms with van der Waals surface area (Å²) in [6.45, 7) is 0. The van der Waals surface area contributed by atoms with Crippen molar-refractivity contribution in [1.29, 1.82) is 10.5 Å². The lowest BCUT2D eigenvalue weighted by Gasteiger charge is -2.23. The van der Waals surface area contributed by atoms with Gasteiger partial charge in [0.15, 0.2) is 0 Å². The van der Waals surface area contributed by atoms with Gasteiger partial charge in [0.25, 0.3) is 0 Å². The maximum absolute atomic E-state index is 8.68. The van der Waals surface area contributed by atoms with Crippen LogP contribution in [0.1, 0.15) is 19.3 Å². The molecule has 0 spiro atoms. The summed E-state index contributed by atoms with van der Waals surface area (Å²) in [4.78, 5) is 0. The van der Waals surface area contributed by atoms with Crippen LogP contribution in [0.5, 0.6) is 0 Å². The summed E-state index contributed by atoms with van der Waals surface area (Å²) in [6, 6.07) is 4.48. The summed E-state index contributed by atoms with van der Waals surface area (Å²) in [5, 5.41) is 17.4. The smallest absolute Gasteiger partial charge is 0.0625 e. The van der Waals surface area contributed by atoms with Crippen molar-refractivity contribution in [2.24, 2.45) is 23.7 Å². The maximum atomic E-state index is 8.68. The number of fused-ring (bicyclic) bond motifs is 2. The number of hydrogen-bond acceptors (Lipinski definition) is 2. The SMILES string of the molecule is N#CC[C@@H]1[C@H](CC#N)[C@@H]2C=C[C@H]1C2.